The van der Waals surface area contributed by atoms with Crippen molar-refractivity contribution in [3.8, 4) is 0 Å². The van der Waals surface area contributed by atoms with E-state index in [4.69, 9.17) is 23.2 Å². The van der Waals surface area contributed by atoms with Gasteiger partial charge in [-0.1, -0.05) is 47.5 Å². The standard InChI is InChI=1S/C26H22Cl2N2O2/c1-14-5-7-18(11-16(14)3)23-24(29-20-9-6-15(2)21(28)13-20)26(32)30(25(23)31)22-10-8-19(27)12-17(22)4/h5-13,29H,1-4H3. The molecule has 1 N–H and O–H groups in total. The van der Waals surface area contributed by atoms with Crippen LogP contribution in [0.4, 0.5) is 11.4 Å². The number of nitrogens with zero attached hydrogens (tertiary/aromatic N) is 1. The molecular weight excluding hydrogens is 443 g/mol. The Bertz CT molecular complexity index is 1310. The number of halogens is 2. The Hall–Kier alpha value is -3.08. The molecule has 162 valence electrons. The van der Waals surface area contributed by atoms with Crippen LogP contribution in [0.3, 0.4) is 0 Å². The molecular formula is C26H22Cl2N2O2. The summed E-state index contributed by atoms with van der Waals surface area (Å²) in [5, 5.41) is 4.28. The predicted molar refractivity (Wildman–Crippen MR) is 131 cm³/mol. The Balaban J connectivity index is 1.87. The molecule has 0 fully saturated rings. The lowest BCUT2D eigenvalue weighted by molar-refractivity contribution is -0.120. The molecule has 0 bridgehead atoms. The van der Waals surface area contributed by atoms with Crippen LogP contribution in [0.25, 0.3) is 5.57 Å². The molecule has 0 atom stereocenters. The first-order valence-electron chi connectivity index (χ1n) is 10.2. The van der Waals surface area contributed by atoms with Gasteiger partial charge in [0.05, 0.1) is 11.3 Å². The molecule has 1 heterocycles. The molecule has 3 aromatic rings. The third kappa shape index (κ3) is 3.92. The molecule has 0 aliphatic carbocycles. The van der Waals surface area contributed by atoms with Crippen molar-refractivity contribution in [3.05, 3.63) is 98.2 Å². The highest BCUT2D eigenvalue weighted by atomic mass is 35.5. The monoisotopic (exact) mass is 464 g/mol. The Morgan fingerprint density at radius 3 is 2.09 bits per heavy atom. The first-order valence-corrected chi connectivity index (χ1v) is 10.9. The highest BCUT2D eigenvalue weighted by Crippen LogP contribution is 2.36. The minimum absolute atomic E-state index is 0.215. The number of anilines is 2. The topological polar surface area (TPSA) is 49.4 Å². The average molecular weight is 465 g/mol. The summed E-state index contributed by atoms with van der Waals surface area (Å²) in [5.41, 5.74) is 6.16. The summed E-state index contributed by atoms with van der Waals surface area (Å²) in [5.74, 6) is -0.810. The molecule has 3 aromatic carbocycles. The third-order valence-electron chi connectivity index (χ3n) is 5.72. The second-order valence-corrected chi connectivity index (χ2v) is 8.86. The summed E-state index contributed by atoms with van der Waals surface area (Å²) in [6.07, 6.45) is 0. The number of carbonyl (C=O) groups excluding carboxylic acids is 2. The van der Waals surface area contributed by atoms with Gasteiger partial charge >= 0.3 is 0 Å². The summed E-state index contributed by atoms with van der Waals surface area (Å²) < 4.78 is 0. The minimum atomic E-state index is -0.426. The van der Waals surface area contributed by atoms with E-state index in [9.17, 15) is 9.59 Å². The lowest BCUT2D eigenvalue weighted by atomic mass is 9.99. The summed E-state index contributed by atoms with van der Waals surface area (Å²) >= 11 is 12.4. The third-order valence-corrected chi connectivity index (χ3v) is 6.36. The van der Waals surface area contributed by atoms with Crippen molar-refractivity contribution in [1.29, 1.82) is 0 Å². The first kappa shape index (κ1) is 22.1. The summed E-state index contributed by atoms with van der Waals surface area (Å²) in [6.45, 7) is 7.71. The number of imide groups is 1. The van der Waals surface area contributed by atoms with Crippen molar-refractivity contribution in [2.45, 2.75) is 27.7 Å². The zero-order valence-corrected chi connectivity index (χ0v) is 19.7. The highest BCUT2D eigenvalue weighted by molar-refractivity contribution is 6.46. The number of aryl methyl sites for hydroxylation is 4. The molecule has 0 unspecified atom stereocenters. The van der Waals surface area contributed by atoms with Crippen LogP contribution in [0.1, 0.15) is 27.8 Å². The molecule has 4 rings (SSSR count). The van der Waals surface area contributed by atoms with E-state index >= 15 is 0 Å². The van der Waals surface area contributed by atoms with Gasteiger partial charge in [0.2, 0.25) is 0 Å². The van der Waals surface area contributed by atoms with Crippen molar-refractivity contribution in [1.82, 2.24) is 0 Å². The van der Waals surface area contributed by atoms with Gasteiger partial charge in [-0.3, -0.25) is 9.59 Å². The second-order valence-electron chi connectivity index (χ2n) is 8.01. The van der Waals surface area contributed by atoms with E-state index in [1.165, 1.54) is 4.90 Å². The fourth-order valence-electron chi connectivity index (χ4n) is 3.71. The number of carbonyl (C=O) groups is 2. The fraction of sp³-hybridized carbons (Fsp3) is 0.154. The van der Waals surface area contributed by atoms with E-state index in [1.807, 2.05) is 58.0 Å². The molecule has 1 aliphatic rings. The van der Waals surface area contributed by atoms with Gasteiger partial charge in [0.25, 0.3) is 11.8 Å². The molecule has 6 heteroatoms. The predicted octanol–water partition coefficient (Wildman–Crippen LogP) is 6.62. The molecule has 2 amide bonds. The van der Waals surface area contributed by atoms with Gasteiger partial charge < -0.3 is 5.32 Å². The maximum Gasteiger partial charge on any atom is 0.282 e. The van der Waals surface area contributed by atoms with Crippen LogP contribution >= 0.6 is 23.2 Å². The van der Waals surface area contributed by atoms with Crippen molar-refractivity contribution in [2.75, 3.05) is 10.2 Å². The van der Waals surface area contributed by atoms with Gasteiger partial charge in [-0.05, 0) is 85.8 Å². The van der Waals surface area contributed by atoms with Crippen molar-refractivity contribution in [2.24, 2.45) is 0 Å². The van der Waals surface area contributed by atoms with Crippen molar-refractivity contribution in [3.63, 3.8) is 0 Å². The highest BCUT2D eigenvalue weighted by Gasteiger charge is 2.41. The second kappa shape index (κ2) is 8.45. The lowest BCUT2D eigenvalue weighted by Crippen LogP contribution is -2.33. The largest absolute Gasteiger partial charge is 0.350 e. The zero-order valence-electron chi connectivity index (χ0n) is 18.2. The van der Waals surface area contributed by atoms with E-state index < -0.39 is 5.91 Å². The van der Waals surface area contributed by atoms with E-state index in [0.29, 0.717) is 32.6 Å². The summed E-state index contributed by atoms with van der Waals surface area (Å²) in [7, 11) is 0. The fourth-order valence-corrected chi connectivity index (χ4v) is 4.12. The summed E-state index contributed by atoms with van der Waals surface area (Å²) in [4.78, 5) is 28.4. The van der Waals surface area contributed by atoms with E-state index in [1.54, 1.807) is 24.3 Å². The Morgan fingerprint density at radius 1 is 0.719 bits per heavy atom. The molecule has 0 saturated carbocycles. The Morgan fingerprint density at radius 2 is 1.44 bits per heavy atom. The van der Waals surface area contributed by atoms with Crippen LogP contribution < -0.4 is 10.2 Å². The number of amides is 2. The van der Waals surface area contributed by atoms with Crippen LogP contribution in [0.15, 0.2) is 60.3 Å². The number of benzene rings is 3. The molecule has 4 nitrogen and oxygen atoms in total. The zero-order chi connectivity index (χ0) is 23.2. The van der Waals surface area contributed by atoms with Gasteiger partial charge in [-0.15, -0.1) is 0 Å². The molecule has 1 aliphatic heterocycles. The average Bonchev–Trinajstić information content (AvgIpc) is 2.97. The Labute approximate surface area is 197 Å². The Kier molecular flexibility index (Phi) is 5.85. The van der Waals surface area contributed by atoms with Gasteiger partial charge in [0.1, 0.15) is 5.70 Å². The van der Waals surface area contributed by atoms with Crippen molar-refractivity contribution < 1.29 is 9.59 Å². The van der Waals surface area contributed by atoms with E-state index in [2.05, 4.69) is 5.32 Å². The van der Waals surface area contributed by atoms with Gasteiger partial charge in [-0.2, -0.15) is 0 Å². The lowest BCUT2D eigenvalue weighted by Gasteiger charge is -2.18. The number of nitrogens with one attached hydrogen (secondary N) is 1. The number of hydrogen-bond acceptors (Lipinski definition) is 3. The first-order chi connectivity index (χ1) is 15.2. The molecule has 0 spiro atoms. The number of rotatable bonds is 4. The smallest absolute Gasteiger partial charge is 0.282 e. The van der Waals surface area contributed by atoms with Crippen LogP contribution in [-0.2, 0) is 9.59 Å². The van der Waals surface area contributed by atoms with Gasteiger partial charge in [0, 0.05) is 15.7 Å². The minimum Gasteiger partial charge on any atom is -0.350 e. The van der Waals surface area contributed by atoms with Gasteiger partial charge in [0.15, 0.2) is 0 Å². The van der Waals surface area contributed by atoms with E-state index in [0.717, 1.165) is 22.3 Å². The van der Waals surface area contributed by atoms with Crippen LogP contribution in [0, 0.1) is 27.7 Å². The molecule has 0 aromatic heterocycles. The normalized spacial score (nSPS) is 13.9. The van der Waals surface area contributed by atoms with Crippen LogP contribution in [0.2, 0.25) is 10.0 Å². The quantitative estimate of drug-likeness (QED) is 0.441. The van der Waals surface area contributed by atoms with Crippen LogP contribution in [0.5, 0.6) is 0 Å². The maximum absolute atomic E-state index is 13.6. The molecule has 32 heavy (non-hydrogen) atoms. The molecule has 0 radical (unpaired) electrons. The number of hydrogen-bond donors (Lipinski definition) is 1. The SMILES string of the molecule is Cc1ccc(C2=C(Nc3ccc(C)c(Cl)c3)C(=O)N(c3ccc(Cl)cc3C)C2=O)cc1C. The van der Waals surface area contributed by atoms with Crippen molar-refractivity contribution >= 4 is 52.0 Å². The maximum atomic E-state index is 13.6. The molecule has 0 saturated heterocycles. The van der Waals surface area contributed by atoms with E-state index in [-0.39, 0.29) is 11.6 Å². The summed E-state index contributed by atoms with van der Waals surface area (Å²) in [6, 6.07) is 16.3. The van der Waals surface area contributed by atoms with Gasteiger partial charge in [-0.25, -0.2) is 4.90 Å². The van der Waals surface area contributed by atoms with Crippen LogP contribution in [-0.4, -0.2) is 11.8 Å².